The van der Waals surface area contributed by atoms with Gasteiger partial charge in [-0.15, -0.1) is 0 Å². The molecule has 120 valence electrons. The Morgan fingerprint density at radius 3 is 2.52 bits per heavy atom. The maximum absolute atomic E-state index is 12.1. The number of ether oxygens (including phenoxy) is 1. The van der Waals surface area contributed by atoms with Gasteiger partial charge in [0, 0.05) is 11.3 Å². The van der Waals surface area contributed by atoms with Crippen molar-refractivity contribution in [1.29, 1.82) is 0 Å². The monoisotopic (exact) mass is 311 g/mol. The van der Waals surface area contributed by atoms with Crippen molar-refractivity contribution >= 4 is 17.4 Å². The van der Waals surface area contributed by atoms with Crippen LogP contribution in [0.15, 0.2) is 48.5 Å². The Bertz CT molecular complexity index is 707. The molecule has 0 aromatic heterocycles. The maximum Gasteiger partial charge on any atom is 0.262 e. The van der Waals surface area contributed by atoms with Gasteiger partial charge in [-0.3, -0.25) is 9.59 Å². The number of anilines is 1. The van der Waals surface area contributed by atoms with Crippen molar-refractivity contribution in [1.82, 2.24) is 0 Å². The number of para-hydroxylation sites is 1. The normalized spacial score (nSPS) is 10.4. The van der Waals surface area contributed by atoms with Gasteiger partial charge in [-0.05, 0) is 36.6 Å². The Kier molecular flexibility index (Phi) is 5.52. The van der Waals surface area contributed by atoms with Gasteiger partial charge < -0.3 is 10.1 Å². The summed E-state index contributed by atoms with van der Waals surface area (Å²) in [6, 6.07) is 14.5. The van der Waals surface area contributed by atoms with E-state index < -0.39 is 0 Å². The molecule has 0 spiro atoms. The van der Waals surface area contributed by atoms with E-state index in [0.717, 1.165) is 11.3 Å². The molecule has 4 heteroatoms. The van der Waals surface area contributed by atoms with E-state index in [-0.39, 0.29) is 18.3 Å². The molecule has 0 saturated carbocycles. The highest BCUT2D eigenvalue weighted by Gasteiger charge is 2.10. The Hall–Kier alpha value is -2.62. The van der Waals surface area contributed by atoms with Crippen LogP contribution >= 0.6 is 0 Å². The molecular weight excluding hydrogens is 290 g/mol. The van der Waals surface area contributed by atoms with E-state index in [1.165, 1.54) is 6.92 Å². The van der Waals surface area contributed by atoms with Crippen molar-refractivity contribution in [3.63, 3.8) is 0 Å². The molecule has 0 aliphatic rings. The molecule has 0 saturated heterocycles. The number of amides is 1. The number of rotatable bonds is 6. The average Bonchev–Trinajstić information content (AvgIpc) is 2.53. The van der Waals surface area contributed by atoms with Gasteiger partial charge in [0.25, 0.3) is 5.91 Å². The lowest BCUT2D eigenvalue weighted by atomic mass is 10.0. The fourth-order valence-corrected chi connectivity index (χ4v) is 2.25. The van der Waals surface area contributed by atoms with Gasteiger partial charge in [0.2, 0.25) is 0 Å². The molecule has 1 N–H and O–H groups in total. The second-order valence-electron chi connectivity index (χ2n) is 5.66. The van der Waals surface area contributed by atoms with E-state index in [0.29, 0.717) is 17.2 Å². The van der Waals surface area contributed by atoms with Crippen LogP contribution in [-0.2, 0) is 4.79 Å². The Morgan fingerprint density at radius 1 is 1.09 bits per heavy atom. The molecule has 2 rings (SSSR count). The molecule has 0 aliphatic carbocycles. The van der Waals surface area contributed by atoms with Crippen molar-refractivity contribution in [2.75, 3.05) is 11.9 Å². The van der Waals surface area contributed by atoms with Gasteiger partial charge in [0.05, 0.1) is 0 Å². The van der Waals surface area contributed by atoms with Crippen LogP contribution in [0.25, 0.3) is 0 Å². The van der Waals surface area contributed by atoms with Crippen LogP contribution in [0.3, 0.4) is 0 Å². The van der Waals surface area contributed by atoms with Crippen LogP contribution in [0.4, 0.5) is 5.69 Å². The lowest BCUT2D eigenvalue weighted by molar-refractivity contribution is -0.118. The number of nitrogens with one attached hydrogen (secondary N) is 1. The maximum atomic E-state index is 12.1. The third kappa shape index (κ3) is 4.68. The van der Waals surface area contributed by atoms with E-state index in [4.69, 9.17) is 4.74 Å². The summed E-state index contributed by atoms with van der Waals surface area (Å²) in [5.41, 5.74) is 2.45. The molecule has 0 unspecified atom stereocenters. The molecule has 2 aromatic rings. The van der Waals surface area contributed by atoms with E-state index >= 15 is 0 Å². The minimum Gasteiger partial charge on any atom is -0.484 e. The Morgan fingerprint density at radius 2 is 1.83 bits per heavy atom. The molecule has 0 aliphatic heterocycles. The van der Waals surface area contributed by atoms with Crippen molar-refractivity contribution in [2.24, 2.45) is 0 Å². The highest BCUT2D eigenvalue weighted by molar-refractivity contribution is 5.94. The van der Waals surface area contributed by atoms with Gasteiger partial charge in [-0.25, -0.2) is 0 Å². The van der Waals surface area contributed by atoms with Gasteiger partial charge in [0.1, 0.15) is 5.75 Å². The molecule has 4 nitrogen and oxygen atoms in total. The average molecular weight is 311 g/mol. The molecular formula is C19H21NO3. The number of carbonyl (C=O) groups is 2. The van der Waals surface area contributed by atoms with Crippen LogP contribution in [0, 0.1) is 0 Å². The van der Waals surface area contributed by atoms with E-state index in [1.54, 1.807) is 24.3 Å². The quantitative estimate of drug-likeness (QED) is 0.819. The number of hydrogen-bond donors (Lipinski definition) is 1. The van der Waals surface area contributed by atoms with Crippen LogP contribution in [0.2, 0.25) is 0 Å². The Labute approximate surface area is 136 Å². The molecule has 0 radical (unpaired) electrons. The smallest absolute Gasteiger partial charge is 0.262 e. The lowest BCUT2D eigenvalue weighted by Gasteiger charge is -2.14. The van der Waals surface area contributed by atoms with Gasteiger partial charge in [0.15, 0.2) is 12.4 Å². The van der Waals surface area contributed by atoms with Crippen LogP contribution < -0.4 is 10.1 Å². The largest absolute Gasteiger partial charge is 0.484 e. The van der Waals surface area contributed by atoms with Gasteiger partial charge in [-0.2, -0.15) is 0 Å². The summed E-state index contributed by atoms with van der Waals surface area (Å²) >= 11 is 0. The van der Waals surface area contributed by atoms with Crippen LogP contribution in [0.5, 0.6) is 5.75 Å². The highest BCUT2D eigenvalue weighted by Crippen LogP contribution is 2.23. The first-order chi connectivity index (χ1) is 11.0. The summed E-state index contributed by atoms with van der Waals surface area (Å²) in [4.78, 5) is 23.4. The topological polar surface area (TPSA) is 55.4 Å². The van der Waals surface area contributed by atoms with E-state index in [1.807, 2.05) is 24.3 Å². The summed E-state index contributed by atoms with van der Waals surface area (Å²) in [5, 5.41) is 2.87. The number of ketones is 1. The van der Waals surface area contributed by atoms with Crippen LogP contribution in [-0.4, -0.2) is 18.3 Å². The zero-order valence-corrected chi connectivity index (χ0v) is 13.6. The molecule has 0 bridgehead atoms. The van der Waals surface area contributed by atoms with Crippen molar-refractivity contribution < 1.29 is 14.3 Å². The molecule has 2 aromatic carbocycles. The zero-order valence-electron chi connectivity index (χ0n) is 13.6. The zero-order chi connectivity index (χ0) is 16.8. The first-order valence-electron chi connectivity index (χ1n) is 7.60. The SMILES string of the molecule is CC(=O)c1cccc(OCC(=O)Nc2ccccc2C(C)C)c1. The van der Waals surface area contributed by atoms with Crippen molar-refractivity contribution in [3.8, 4) is 5.75 Å². The van der Waals surface area contributed by atoms with E-state index in [9.17, 15) is 9.59 Å². The third-order valence-electron chi connectivity index (χ3n) is 3.47. The Balaban J connectivity index is 1.98. The van der Waals surface area contributed by atoms with E-state index in [2.05, 4.69) is 19.2 Å². The van der Waals surface area contributed by atoms with Crippen molar-refractivity contribution in [2.45, 2.75) is 26.7 Å². The molecule has 0 atom stereocenters. The predicted octanol–water partition coefficient (Wildman–Crippen LogP) is 4.03. The lowest BCUT2D eigenvalue weighted by Crippen LogP contribution is -2.21. The number of carbonyl (C=O) groups excluding carboxylic acids is 2. The summed E-state index contributed by atoms with van der Waals surface area (Å²) in [6.45, 7) is 5.55. The predicted molar refractivity (Wildman–Crippen MR) is 91.1 cm³/mol. The molecule has 0 fully saturated rings. The molecule has 1 amide bonds. The minimum absolute atomic E-state index is 0.0363. The fourth-order valence-electron chi connectivity index (χ4n) is 2.25. The number of Topliss-reactive ketones (excluding diaryl/α,β-unsaturated/α-hetero) is 1. The summed E-state index contributed by atoms with van der Waals surface area (Å²) < 4.78 is 5.47. The summed E-state index contributed by atoms with van der Waals surface area (Å²) in [7, 11) is 0. The standard InChI is InChI=1S/C19H21NO3/c1-13(2)17-9-4-5-10-18(17)20-19(22)12-23-16-8-6-7-15(11-16)14(3)21/h4-11,13H,12H2,1-3H3,(H,20,22). The number of benzene rings is 2. The third-order valence-corrected chi connectivity index (χ3v) is 3.47. The fraction of sp³-hybridized carbons (Fsp3) is 0.263. The van der Waals surface area contributed by atoms with Gasteiger partial charge in [-0.1, -0.05) is 44.2 Å². The number of hydrogen-bond acceptors (Lipinski definition) is 3. The van der Waals surface area contributed by atoms with Crippen LogP contribution in [0.1, 0.15) is 42.6 Å². The summed E-state index contributed by atoms with van der Waals surface area (Å²) in [6.07, 6.45) is 0. The highest BCUT2D eigenvalue weighted by atomic mass is 16.5. The molecule has 23 heavy (non-hydrogen) atoms. The second kappa shape index (κ2) is 7.58. The first-order valence-corrected chi connectivity index (χ1v) is 7.60. The van der Waals surface area contributed by atoms with Gasteiger partial charge >= 0.3 is 0 Å². The summed E-state index contributed by atoms with van der Waals surface area (Å²) in [5.74, 6) is 0.557. The second-order valence-corrected chi connectivity index (χ2v) is 5.66. The minimum atomic E-state index is -0.230. The van der Waals surface area contributed by atoms with Crippen molar-refractivity contribution in [3.05, 3.63) is 59.7 Å². The first kappa shape index (κ1) is 16.7. The molecule has 0 heterocycles.